The lowest BCUT2D eigenvalue weighted by Gasteiger charge is -2.08. The fraction of sp³-hybridized carbons (Fsp3) is 0.533. The molecule has 0 aliphatic carbocycles. The third-order valence-corrected chi connectivity index (χ3v) is 3.15. The van der Waals surface area contributed by atoms with Crippen molar-refractivity contribution in [2.75, 3.05) is 6.61 Å². The SMILES string of the molecule is CCCOCc1nc2cc(CN)ccc2n1CCC. The molecule has 0 saturated heterocycles. The predicted molar refractivity (Wildman–Crippen MR) is 77.9 cm³/mol. The van der Waals surface area contributed by atoms with E-state index in [9.17, 15) is 0 Å². The van der Waals surface area contributed by atoms with E-state index in [1.54, 1.807) is 0 Å². The van der Waals surface area contributed by atoms with Gasteiger partial charge in [0.2, 0.25) is 0 Å². The second-order valence-corrected chi connectivity index (χ2v) is 4.76. The van der Waals surface area contributed by atoms with Gasteiger partial charge in [0.15, 0.2) is 0 Å². The Hall–Kier alpha value is -1.39. The van der Waals surface area contributed by atoms with Crippen molar-refractivity contribution in [3.05, 3.63) is 29.6 Å². The van der Waals surface area contributed by atoms with Gasteiger partial charge in [0, 0.05) is 19.7 Å². The summed E-state index contributed by atoms with van der Waals surface area (Å²) in [4.78, 5) is 4.69. The highest BCUT2D eigenvalue weighted by Gasteiger charge is 2.10. The van der Waals surface area contributed by atoms with Gasteiger partial charge in [-0.2, -0.15) is 0 Å². The minimum absolute atomic E-state index is 0.554. The Balaban J connectivity index is 2.34. The predicted octanol–water partition coefficient (Wildman–Crippen LogP) is 2.83. The first kappa shape index (κ1) is 14.0. The van der Waals surface area contributed by atoms with Crippen molar-refractivity contribution in [3.63, 3.8) is 0 Å². The molecular formula is C15H23N3O. The molecule has 0 aliphatic heterocycles. The summed E-state index contributed by atoms with van der Waals surface area (Å²) in [5.41, 5.74) is 9.00. The van der Waals surface area contributed by atoms with Gasteiger partial charge >= 0.3 is 0 Å². The van der Waals surface area contributed by atoms with E-state index in [2.05, 4.69) is 36.6 Å². The molecule has 1 aromatic carbocycles. The maximum absolute atomic E-state index is 5.68. The van der Waals surface area contributed by atoms with Crippen LogP contribution in [0.1, 0.15) is 38.1 Å². The standard InChI is InChI=1S/C15H23N3O/c1-3-7-18-14-6-5-12(10-16)9-13(14)17-15(18)11-19-8-4-2/h5-6,9H,3-4,7-8,10-11,16H2,1-2H3. The summed E-state index contributed by atoms with van der Waals surface area (Å²) in [7, 11) is 0. The van der Waals surface area contributed by atoms with E-state index < -0.39 is 0 Å². The van der Waals surface area contributed by atoms with Gasteiger partial charge < -0.3 is 15.0 Å². The molecule has 0 aliphatic rings. The summed E-state index contributed by atoms with van der Waals surface area (Å²) in [5.74, 6) is 1.01. The van der Waals surface area contributed by atoms with Crippen molar-refractivity contribution in [3.8, 4) is 0 Å². The van der Waals surface area contributed by atoms with Crippen LogP contribution < -0.4 is 5.73 Å². The lowest BCUT2D eigenvalue weighted by molar-refractivity contribution is 0.114. The van der Waals surface area contributed by atoms with Crippen molar-refractivity contribution < 1.29 is 4.74 Å². The molecule has 0 amide bonds. The van der Waals surface area contributed by atoms with E-state index in [4.69, 9.17) is 15.5 Å². The Bertz CT molecular complexity index is 533. The van der Waals surface area contributed by atoms with E-state index in [0.29, 0.717) is 13.2 Å². The molecule has 104 valence electrons. The maximum Gasteiger partial charge on any atom is 0.135 e. The van der Waals surface area contributed by atoms with Crippen molar-refractivity contribution >= 4 is 11.0 Å². The van der Waals surface area contributed by atoms with Crippen molar-refractivity contribution in [1.82, 2.24) is 9.55 Å². The van der Waals surface area contributed by atoms with Gasteiger partial charge in [-0.1, -0.05) is 19.9 Å². The summed E-state index contributed by atoms with van der Waals surface area (Å²) < 4.78 is 7.89. The number of rotatable bonds is 7. The van der Waals surface area contributed by atoms with Gasteiger partial charge in [-0.05, 0) is 30.5 Å². The summed E-state index contributed by atoms with van der Waals surface area (Å²) in [5, 5.41) is 0. The highest BCUT2D eigenvalue weighted by atomic mass is 16.5. The fourth-order valence-electron chi connectivity index (χ4n) is 2.24. The van der Waals surface area contributed by atoms with Gasteiger partial charge in [0.05, 0.1) is 11.0 Å². The van der Waals surface area contributed by atoms with Crippen LogP contribution in [0.4, 0.5) is 0 Å². The lowest BCUT2D eigenvalue weighted by Crippen LogP contribution is -2.06. The first-order valence-corrected chi connectivity index (χ1v) is 7.06. The maximum atomic E-state index is 5.68. The summed E-state index contributed by atoms with van der Waals surface area (Å²) >= 11 is 0. The van der Waals surface area contributed by atoms with Crippen LogP contribution in [0.3, 0.4) is 0 Å². The smallest absolute Gasteiger partial charge is 0.135 e. The number of imidazole rings is 1. The van der Waals surface area contributed by atoms with E-state index in [-0.39, 0.29) is 0 Å². The minimum Gasteiger partial charge on any atom is -0.374 e. The zero-order valence-electron chi connectivity index (χ0n) is 11.9. The number of benzene rings is 1. The van der Waals surface area contributed by atoms with Gasteiger partial charge in [-0.25, -0.2) is 4.98 Å². The van der Waals surface area contributed by atoms with Crippen LogP contribution in [0, 0.1) is 0 Å². The number of nitrogens with zero attached hydrogens (tertiary/aromatic N) is 2. The second-order valence-electron chi connectivity index (χ2n) is 4.76. The molecule has 0 spiro atoms. The molecule has 0 saturated carbocycles. The average molecular weight is 261 g/mol. The number of fused-ring (bicyclic) bond motifs is 1. The molecule has 0 radical (unpaired) electrons. The average Bonchev–Trinajstić information content (AvgIpc) is 2.77. The molecule has 0 bridgehead atoms. The molecule has 4 nitrogen and oxygen atoms in total. The zero-order valence-corrected chi connectivity index (χ0v) is 11.9. The number of aromatic nitrogens is 2. The summed E-state index contributed by atoms with van der Waals surface area (Å²) in [6, 6.07) is 6.27. The van der Waals surface area contributed by atoms with Crippen LogP contribution in [0.5, 0.6) is 0 Å². The normalized spacial score (nSPS) is 11.3. The first-order valence-electron chi connectivity index (χ1n) is 7.06. The molecule has 1 heterocycles. The molecular weight excluding hydrogens is 238 g/mol. The Morgan fingerprint density at radius 2 is 2.11 bits per heavy atom. The third kappa shape index (κ3) is 3.14. The number of aryl methyl sites for hydroxylation is 1. The van der Waals surface area contributed by atoms with Gasteiger partial charge in [-0.15, -0.1) is 0 Å². The van der Waals surface area contributed by atoms with Crippen LogP contribution in [-0.2, 0) is 24.4 Å². The van der Waals surface area contributed by atoms with Crippen molar-refractivity contribution in [2.24, 2.45) is 5.73 Å². The monoisotopic (exact) mass is 261 g/mol. The third-order valence-electron chi connectivity index (χ3n) is 3.15. The lowest BCUT2D eigenvalue weighted by atomic mass is 10.2. The number of ether oxygens (including phenoxy) is 1. The molecule has 2 aromatic rings. The van der Waals surface area contributed by atoms with Gasteiger partial charge in [0.1, 0.15) is 12.4 Å². The van der Waals surface area contributed by atoms with Crippen LogP contribution in [0.2, 0.25) is 0 Å². The van der Waals surface area contributed by atoms with Gasteiger partial charge in [0.25, 0.3) is 0 Å². The molecule has 19 heavy (non-hydrogen) atoms. The van der Waals surface area contributed by atoms with E-state index in [1.807, 2.05) is 0 Å². The zero-order chi connectivity index (χ0) is 13.7. The summed E-state index contributed by atoms with van der Waals surface area (Å²) in [6.45, 7) is 7.19. The van der Waals surface area contributed by atoms with E-state index in [0.717, 1.165) is 42.9 Å². The minimum atomic E-state index is 0.554. The first-order chi connectivity index (χ1) is 9.30. The van der Waals surface area contributed by atoms with Crippen LogP contribution in [0.15, 0.2) is 18.2 Å². The topological polar surface area (TPSA) is 53.1 Å². The molecule has 1 aromatic heterocycles. The van der Waals surface area contributed by atoms with Crippen LogP contribution in [-0.4, -0.2) is 16.2 Å². The largest absolute Gasteiger partial charge is 0.374 e. The number of hydrogen-bond acceptors (Lipinski definition) is 3. The molecule has 0 unspecified atom stereocenters. The molecule has 2 N–H and O–H groups in total. The number of nitrogens with two attached hydrogens (primary N) is 1. The highest BCUT2D eigenvalue weighted by Crippen LogP contribution is 2.19. The van der Waals surface area contributed by atoms with E-state index in [1.165, 1.54) is 5.52 Å². The Kier molecular flexibility index (Phi) is 4.93. The Morgan fingerprint density at radius 3 is 2.79 bits per heavy atom. The fourth-order valence-corrected chi connectivity index (χ4v) is 2.24. The van der Waals surface area contributed by atoms with E-state index >= 15 is 0 Å². The molecule has 2 rings (SSSR count). The van der Waals surface area contributed by atoms with Crippen LogP contribution in [0.25, 0.3) is 11.0 Å². The Morgan fingerprint density at radius 1 is 1.26 bits per heavy atom. The van der Waals surface area contributed by atoms with Crippen molar-refractivity contribution in [2.45, 2.75) is 46.4 Å². The quantitative estimate of drug-likeness (QED) is 0.780. The second kappa shape index (κ2) is 6.68. The molecule has 0 fully saturated rings. The Labute approximate surface area is 114 Å². The summed E-state index contributed by atoms with van der Waals surface area (Å²) in [6.07, 6.45) is 2.12. The molecule has 0 atom stereocenters. The van der Waals surface area contributed by atoms with Crippen LogP contribution >= 0.6 is 0 Å². The van der Waals surface area contributed by atoms with Crippen molar-refractivity contribution in [1.29, 1.82) is 0 Å². The van der Waals surface area contributed by atoms with Gasteiger partial charge in [-0.3, -0.25) is 0 Å². The molecule has 4 heteroatoms. The number of hydrogen-bond donors (Lipinski definition) is 1. The highest BCUT2D eigenvalue weighted by molar-refractivity contribution is 5.76.